The van der Waals surface area contributed by atoms with Crippen LogP contribution in [0.25, 0.3) is 0 Å². The standard InChI is InChI=1S/C17H26N2O4/c1-17(2,3)23-16(20)19-9-8-18-14(11-19)13-7-6-12(21-4)10-15(13)22-5/h6-7,10,14,18H,8-9,11H2,1-5H3. The first kappa shape index (κ1) is 17.4. The van der Waals surface area contributed by atoms with E-state index >= 15 is 0 Å². The Labute approximate surface area is 137 Å². The van der Waals surface area contributed by atoms with Crippen LogP contribution in [-0.4, -0.2) is 50.4 Å². The van der Waals surface area contributed by atoms with Crippen LogP contribution in [0.1, 0.15) is 32.4 Å². The van der Waals surface area contributed by atoms with E-state index in [4.69, 9.17) is 14.2 Å². The number of amides is 1. The molecule has 1 amide bonds. The highest BCUT2D eigenvalue weighted by molar-refractivity contribution is 5.68. The molecule has 1 saturated heterocycles. The van der Waals surface area contributed by atoms with Crippen LogP contribution in [-0.2, 0) is 4.74 Å². The SMILES string of the molecule is COc1ccc(C2CN(C(=O)OC(C)(C)C)CCN2)c(OC)c1. The van der Waals surface area contributed by atoms with Gasteiger partial charge in [-0.2, -0.15) is 0 Å². The van der Waals surface area contributed by atoms with Gasteiger partial charge in [0.15, 0.2) is 0 Å². The lowest BCUT2D eigenvalue weighted by Crippen LogP contribution is -2.49. The maximum atomic E-state index is 12.3. The summed E-state index contributed by atoms with van der Waals surface area (Å²) >= 11 is 0. The Morgan fingerprint density at radius 1 is 1.26 bits per heavy atom. The first-order valence-electron chi connectivity index (χ1n) is 7.77. The Kier molecular flexibility index (Phi) is 5.36. The Morgan fingerprint density at radius 2 is 2.00 bits per heavy atom. The maximum absolute atomic E-state index is 12.3. The summed E-state index contributed by atoms with van der Waals surface area (Å²) in [6.45, 7) is 7.49. The fraction of sp³-hybridized carbons (Fsp3) is 0.588. The minimum absolute atomic E-state index is 0.00266. The molecule has 1 aliphatic heterocycles. The van der Waals surface area contributed by atoms with E-state index in [0.29, 0.717) is 19.6 Å². The van der Waals surface area contributed by atoms with E-state index in [0.717, 1.165) is 17.1 Å². The van der Waals surface area contributed by atoms with Crippen LogP contribution in [0.5, 0.6) is 11.5 Å². The van der Waals surface area contributed by atoms with Crippen molar-refractivity contribution in [3.05, 3.63) is 23.8 Å². The Bertz CT molecular complexity index is 554. The van der Waals surface area contributed by atoms with Crippen LogP contribution in [0, 0.1) is 0 Å². The van der Waals surface area contributed by atoms with E-state index in [1.165, 1.54) is 0 Å². The molecule has 1 fully saturated rings. The highest BCUT2D eigenvalue weighted by Gasteiger charge is 2.29. The van der Waals surface area contributed by atoms with Gasteiger partial charge in [0.05, 0.1) is 20.3 Å². The summed E-state index contributed by atoms with van der Waals surface area (Å²) in [6.07, 6.45) is -0.281. The third kappa shape index (κ3) is 4.51. The fourth-order valence-corrected chi connectivity index (χ4v) is 2.56. The topological polar surface area (TPSA) is 60.0 Å². The lowest BCUT2D eigenvalue weighted by molar-refractivity contribution is 0.0194. The average Bonchev–Trinajstić information content (AvgIpc) is 2.52. The molecule has 1 heterocycles. The lowest BCUT2D eigenvalue weighted by Gasteiger charge is -2.35. The first-order chi connectivity index (χ1) is 10.8. The summed E-state index contributed by atoms with van der Waals surface area (Å²) in [5.41, 5.74) is 0.511. The highest BCUT2D eigenvalue weighted by Crippen LogP contribution is 2.31. The summed E-state index contributed by atoms with van der Waals surface area (Å²) in [6, 6.07) is 5.71. The van der Waals surface area contributed by atoms with E-state index in [1.807, 2.05) is 39.0 Å². The number of hydrogen-bond acceptors (Lipinski definition) is 5. The Balaban J connectivity index is 2.13. The van der Waals surface area contributed by atoms with Crippen molar-refractivity contribution in [1.29, 1.82) is 0 Å². The summed E-state index contributed by atoms with van der Waals surface area (Å²) in [7, 11) is 3.25. The van der Waals surface area contributed by atoms with Crippen LogP contribution >= 0.6 is 0 Å². The van der Waals surface area contributed by atoms with Gasteiger partial charge >= 0.3 is 6.09 Å². The molecular formula is C17H26N2O4. The van der Waals surface area contributed by atoms with Gasteiger partial charge in [0.1, 0.15) is 17.1 Å². The molecule has 1 aromatic rings. The van der Waals surface area contributed by atoms with E-state index in [2.05, 4.69) is 5.32 Å². The average molecular weight is 322 g/mol. The lowest BCUT2D eigenvalue weighted by atomic mass is 10.0. The van der Waals surface area contributed by atoms with Crippen molar-refractivity contribution >= 4 is 6.09 Å². The number of nitrogens with zero attached hydrogens (tertiary/aromatic N) is 1. The van der Waals surface area contributed by atoms with Crippen LogP contribution < -0.4 is 14.8 Å². The molecule has 2 rings (SSSR count). The molecule has 1 aliphatic rings. The molecule has 0 bridgehead atoms. The van der Waals surface area contributed by atoms with Gasteiger partial charge in [-0.25, -0.2) is 4.79 Å². The minimum Gasteiger partial charge on any atom is -0.497 e. The normalized spacial score (nSPS) is 18.5. The van der Waals surface area contributed by atoms with Gasteiger partial charge in [-0.15, -0.1) is 0 Å². The largest absolute Gasteiger partial charge is 0.497 e. The number of piperazine rings is 1. The predicted octanol–water partition coefficient (Wildman–Crippen LogP) is 2.59. The molecular weight excluding hydrogens is 296 g/mol. The molecule has 0 aromatic heterocycles. The van der Waals surface area contributed by atoms with Crippen LogP contribution in [0.2, 0.25) is 0 Å². The Hall–Kier alpha value is -1.95. The number of benzene rings is 1. The molecule has 0 radical (unpaired) electrons. The molecule has 128 valence electrons. The minimum atomic E-state index is -0.491. The van der Waals surface area contributed by atoms with E-state index < -0.39 is 5.60 Å². The number of carbonyl (C=O) groups is 1. The number of methoxy groups -OCH3 is 2. The van der Waals surface area contributed by atoms with Crippen molar-refractivity contribution in [3.8, 4) is 11.5 Å². The monoisotopic (exact) mass is 322 g/mol. The fourth-order valence-electron chi connectivity index (χ4n) is 2.56. The maximum Gasteiger partial charge on any atom is 0.410 e. The number of ether oxygens (including phenoxy) is 3. The zero-order chi connectivity index (χ0) is 17.0. The molecule has 23 heavy (non-hydrogen) atoms. The van der Waals surface area contributed by atoms with Gasteiger partial charge in [0.2, 0.25) is 0 Å². The molecule has 0 aliphatic carbocycles. The second-order valence-electron chi connectivity index (χ2n) is 6.54. The molecule has 1 N–H and O–H groups in total. The summed E-state index contributed by atoms with van der Waals surface area (Å²) in [5.74, 6) is 1.48. The number of carbonyl (C=O) groups excluding carboxylic acids is 1. The quantitative estimate of drug-likeness (QED) is 0.927. The van der Waals surface area contributed by atoms with Crippen molar-refractivity contribution in [2.24, 2.45) is 0 Å². The van der Waals surface area contributed by atoms with Gasteiger partial charge in [0, 0.05) is 31.3 Å². The Morgan fingerprint density at radius 3 is 2.61 bits per heavy atom. The van der Waals surface area contributed by atoms with Gasteiger partial charge in [0.25, 0.3) is 0 Å². The van der Waals surface area contributed by atoms with Gasteiger partial charge in [-0.1, -0.05) is 0 Å². The first-order valence-corrected chi connectivity index (χ1v) is 7.77. The van der Waals surface area contributed by atoms with E-state index in [-0.39, 0.29) is 12.1 Å². The predicted molar refractivity (Wildman–Crippen MR) is 88.1 cm³/mol. The number of nitrogens with one attached hydrogen (secondary N) is 1. The van der Waals surface area contributed by atoms with Crippen molar-refractivity contribution < 1.29 is 19.0 Å². The smallest absolute Gasteiger partial charge is 0.410 e. The number of rotatable bonds is 3. The van der Waals surface area contributed by atoms with Crippen molar-refractivity contribution in [2.45, 2.75) is 32.4 Å². The highest BCUT2D eigenvalue weighted by atomic mass is 16.6. The molecule has 1 unspecified atom stereocenters. The van der Waals surface area contributed by atoms with E-state index in [1.54, 1.807) is 19.1 Å². The molecule has 6 heteroatoms. The van der Waals surface area contributed by atoms with Gasteiger partial charge in [-0.3, -0.25) is 0 Å². The van der Waals surface area contributed by atoms with Gasteiger partial charge < -0.3 is 24.4 Å². The zero-order valence-corrected chi connectivity index (χ0v) is 14.5. The third-order valence-electron chi connectivity index (χ3n) is 3.64. The van der Waals surface area contributed by atoms with Crippen molar-refractivity contribution in [3.63, 3.8) is 0 Å². The van der Waals surface area contributed by atoms with Crippen molar-refractivity contribution in [2.75, 3.05) is 33.9 Å². The molecule has 1 aromatic carbocycles. The molecule has 1 atom stereocenters. The zero-order valence-electron chi connectivity index (χ0n) is 14.5. The number of hydrogen-bond donors (Lipinski definition) is 1. The third-order valence-corrected chi connectivity index (χ3v) is 3.64. The summed E-state index contributed by atoms with van der Waals surface area (Å²) < 4.78 is 16.2. The van der Waals surface area contributed by atoms with Crippen molar-refractivity contribution in [1.82, 2.24) is 10.2 Å². The molecule has 6 nitrogen and oxygen atoms in total. The van der Waals surface area contributed by atoms with Gasteiger partial charge in [-0.05, 0) is 32.9 Å². The summed E-state index contributed by atoms with van der Waals surface area (Å²) in [5, 5.41) is 3.43. The molecule has 0 spiro atoms. The van der Waals surface area contributed by atoms with Crippen LogP contribution in [0.15, 0.2) is 18.2 Å². The van der Waals surface area contributed by atoms with Crippen LogP contribution in [0.3, 0.4) is 0 Å². The van der Waals surface area contributed by atoms with E-state index in [9.17, 15) is 4.79 Å². The second kappa shape index (κ2) is 7.08. The summed E-state index contributed by atoms with van der Waals surface area (Å²) in [4.78, 5) is 14.0. The molecule has 0 saturated carbocycles. The second-order valence-corrected chi connectivity index (χ2v) is 6.54. The van der Waals surface area contributed by atoms with Crippen LogP contribution in [0.4, 0.5) is 4.79 Å².